The molecule has 0 aromatic carbocycles. The second-order valence-corrected chi connectivity index (χ2v) is 3.26. The zero-order valence-corrected chi connectivity index (χ0v) is 8.16. The molecule has 1 amide bonds. The van der Waals surface area contributed by atoms with Crippen LogP contribution in [-0.2, 0) is 14.3 Å². The number of aliphatic imine (C=N–C) groups is 1. The second kappa shape index (κ2) is 4.59. The third-order valence-corrected chi connectivity index (χ3v) is 0.870. The Morgan fingerprint density at radius 2 is 1.85 bits per heavy atom. The SMILES string of the molecule is COC(=O)/C=N/C(=O)OC(C)(C)C. The molecule has 0 aliphatic carbocycles. The number of ether oxygens (including phenoxy) is 2. The lowest BCUT2D eigenvalue weighted by molar-refractivity contribution is -0.132. The summed E-state index contributed by atoms with van der Waals surface area (Å²) < 4.78 is 9.02. The van der Waals surface area contributed by atoms with E-state index in [0.29, 0.717) is 0 Å². The number of esters is 1. The van der Waals surface area contributed by atoms with E-state index >= 15 is 0 Å². The minimum Gasteiger partial charge on any atom is -0.465 e. The lowest BCUT2D eigenvalue weighted by Crippen LogP contribution is -2.22. The lowest BCUT2D eigenvalue weighted by atomic mass is 10.2. The predicted molar refractivity (Wildman–Crippen MR) is 46.7 cm³/mol. The van der Waals surface area contributed by atoms with Crippen LogP contribution in [0.3, 0.4) is 0 Å². The van der Waals surface area contributed by atoms with Gasteiger partial charge in [-0.25, -0.2) is 9.59 Å². The molecule has 0 N–H and O–H groups in total. The van der Waals surface area contributed by atoms with Gasteiger partial charge in [0.1, 0.15) is 11.8 Å². The maximum Gasteiger partial charge on any atom is 0.434 e. The van der Waals surface area contributed by atoms with Crippen LogP contribution in [0, 0.1) is 0 Å². The van der Waals surface area contributed by atoms with Crippen molar-refractivity contribution in [2.24, 2.45) is 4.99 Å². The lowest BCUT2D eigenvalue weighted by Gasteiger charge is -2.16. The summed E-state index contributed by atoms with van der Waals surface area (Å²) >= 11 is 0. The Hall–Kier alpha value is -1.39. The highest BCUT2D eigenvalue weighted by molar-refractivity contribution is 6.24. The number of amides is 1. The molecule has 0 fully saturated rings. The molecule has 0 spiro atoms. The van der Waals surface area contributed by atoms with Crippen LogP contribution in [0.15, 0.2) is 4.99 Å². The maximum absolute atomic E-state index is 10.9. The molecule has 0 radical (unpaired) electrons. The molecular formula is C8H13NO4. The van der Waals surface area contributed by atoms with Crippen molar-refractivity contribution in [3.8, 4) is 0 Å². The fraction of sp³-hybridized carbons (Fsp3) is 0.625. The molecular weight excluding hydrogens is 174 g/mol. The number of carbonyl (C=O) groups is 2. The van der Waals surface area contributed by atoms with Crippen LogP contribution in [0.4, 0.5) is 4.79 Å². The van der Waals surface area contributed by atoms with E-state index in [1.807, 2.05) is 0 Å². The zero-order chi connectivity index (χ0) is 10.5. The summed E-state index contributed by atoms with van der Waals surface area (Å²) in [5.74, 6) is -0.689. The first kappa shape index (κ1) is 11.6. The van der Waals surface area contributed by atoms with Crippen LogP contribution in [0.1, 0.15) is 20.8 Å². The number of nitrogens with zero attached hydrogens (tertiary/aromatic N) is 1. The summed E-state index contributed by atoms with van der Waals surface area (Å²) in [5.41, 5.74) is -0.607. The first-order chi connectivity index (χ1) is 5.85. The Bertz CT molecular complexity index is 227. The molecule has 0 aliphatic rings. The first-order valence-corrected chi connectivity index (χ1v) is 3.70. The van der Waals surface area contributed by atoms with Gasteiger partial charge in [0, 0.05) is 0 Å². The van der Waals surface area contributed by atoms with Gasteiger partial charge in [-0.15, -0.1) is 0 Å². The molecule has 0 atom stereocenters. The molecule has 0 aromatic heterocycles. The number of hydrogen-bond donors (Lipinski definition) is 0. The smallest absolute Gasteiger partial charge is 0.434 e. The van der Waals surface area contributed by atoms with Gasteiger partial charge >= 0.3 is 12.1 Å². The maximum atomic E-state index is 10.9. The average Bonchev–Trinajstić information content (AvgIpc) is 1.97. The Balaban J connectivity index is 4.02. The van der Waals surface area contributed by atoms with Crippen LogP contribution in [-0.4, -0.2) is 31.0 Å². The van der Waals surface area contributed by atoms with E-state index in [0.717, 1.165) is 6.21 Å². The van der Waals surface area contributed by atoms with Crippen LogP contribution < -0.4 is 0 Å². The Morgan fingerprint density at radius 1 is 1.31 bits per heavy atom. The molecule has 0 bridgehead atoms. The summed E-state index contributed by atoms with van der Waals surface area (Å²) in [5, 5.41) is 0. The van der Waals surface area contributed by atoms with Crippen molar-refractivity contribution in [2.75, 3.05) is 7.11 Å². The van der Waals surface area contributed by atoms with Gasteiger partial charge in [0.25, 0.3) is 0 Å². The van der Waals surface area contributed by atoms with Crippen LogP contribution in [0.25, 0.3) is 0 Å². The molecule has 0 unspecified atom stereocenters. The van der Waals surface area contributed by atoms with Crippen molar-refractivity contribution in [3.63, 3.8) is 0 Å². The fourth-order valence-corrected chi connectivity index (χ4v) is 0.446. The topological polar surface area (TPSA) is 65.0 Å². The monoisotopic (exact) mass is 187 g/mol. The highest BCUT2D eigenvalue weighted by Crippen LogP contribution is 2.07. The van der Waals surface area contributed by atoms with Gasteiger partial charge in [0.05, 0.1) is 7.11 Å². The Kier molecular flexibility index (Phi) is 4.10. The normalized spacial score (nSPS) is 11.4. The molecule has 0 aromatic rings. The van der Waals surface area contributed by atoms with Gasteiger partial charge < -0.3 is 9.47 Å². The van der Waals surface area contributed by atoms with Gasteiger partial charge in [-0.05, 0) is 20.8 Å². The van der Waals surface area contributed by atoms with Crippen LogP contribution in [0.2, 0.25) is 0 Å². The van der Waals surface area contributed by atoms with Crippen molar-refractivity contribution in [2.45, 2.75) is 26.4 Å². The molecule has 0 saturated carbocycles. The van der Waals surface area contributed by atoms with Gasteiger partial charge in [-0.3, -0.25) is 0 Å². The Labute approximate surface area is 76.7 Å². The van der Waals surface area contributed by atoms with E-state index in [1.54, 1.807) is 20.8 Å². The number of hydrogen-bond acceptors (Lipinski definition) is 4. The van der Waals surface area contributed by atoms with E-state index in [9.17, 15) is 9.59 Å². The highest BCUT2D eigenvalue weighted by Gasteiger charge is 2.15. The molecule has 5 nitrogen and oxygen atoms in total. The van der Waals surface area contributed by atoms with Gasteiger partial charge in [0.2, 0.25) is 0 Å². The number of rotatable bonds is 1. The summed E-state index contributed by atoms with van der Waals surface area (Å²) in [4.78, 5) is 24.6. The fourth-order valence-electron chi connectivity index (χ4n) is 0.446. The molecule has 13 heavy (non-hydrogen) atoms. The van der Waals surface area contributed by atoms with Crippen molar-refractivity contribution < 1.29 is 19.1 Å². The molecule has 0 saturated heterocycles. The Morgan fingerprint density at radius 3 is 2.23 bits per heavy atom. The molecule has 74 valence electrons. The van der Waals surface area contributed by atoms with Gasteiger partial charge in [-0.1, -0.05) is 0 Å². The third-order valence-electron chi connectivity index (χ3n) is 0.870. The van der Waals surface area contributed by atoms with Gasteiger partial charge in [-0.2, -0.15) is 4.99 Å². The van der Waals surface area contributed by atoms with E-state index in [1.165, 1.54) is 7.11 Å². The minimum absolute atomic E-state index is 0.607. The highest BCUT2D eigenvalue weighted by atomic mass is 16.6. The van der Waals surface area contributed by atoms with Crippen LogP contribution in [0.5, 0.6) is 0 Å². The minimum atomic E-state index is -0.808. The van der Waals surface area contributed by atoms with E-state index in [-0.39, 0.29) is 0 Å². The quantitative estimate of drug-likeness (QED) is 0.456. The predicted octanol–water partition coefficient (Wildman–Crippen LogP) is 1.17. The van der Waals surface area contributed by atoms with E-state index in [4.69, 9.17) is 4.74 Å². The van der Waals surface area contributed by atoms with Crippen molar-refractivity contribution in [1.29, 1.82) is 0 Å². The summed E-state index contributed by atoms with van der Waals surface area (Å²) in [6.07, 6.45) is -0.0356. The van der Waals surface area contributed by atoms with Crippen LogP contribution >= 0.6 is 0 Å². The van der Waals surface area contributed by atoms with Gasteiger partial charge in [0.15, 0.2) is 0 Å². The van der Waals surface area contributed by atoms with Crippen molar-refractivity contribution in [3.05, 3.63) is 0 Å². The molecule has 0 rings (SSSR count). The van der Waals surface area contributed by atoms with E-state index < -0.39 is 17.7 Å². The molecule has 0 aliphatic heterocycles. The molecule has 0 heterocycles. The standard InChI is InChI=1S/C8H13NO4/c1-8(2,3)13-7(11)9-5-6(10)12-4/h5H,1-4H3/b9-5+. The number of methoxy groups -OCH3 is 1. The second-order valence-electron chi connectivity index (χ2n) is 3.26. The average molecular weight is 187 g/mol. The molecule has 5 heteroatoms. The summed E-state index contributed by atoms with van der Waals surface area (Å²) in [7, 11) is 1.20. The summed E-state index contributed by atoms with van der Waals surface area (Å²) in [6, 6.07) is 0. The van der Waals surface area contributed by atoms with Crippen molar-refractivity contribution >= 4 is 18.3 Å². The first-order valence-electron chi connectivity index (χ1n) is 3.70. The number of carbonyl (C=O) groups excluding carboxylic acids is 2. The summed E-state index contributed by atoms with van der Waals surface area (Å²) in [6.45, 7) is 5.12. The van der Waals surface area contributed by atoms with E-state index in [2.05, 4.69) is 9.73 Å². The third kappa shape index (κ3) is 6.99. The largest absolute Gasteiger partial charge is 0.465 e. The van der Waals surface area contributed by atoms with Crippen molar-refractivity contribution in [1.82, 2.24) is 0 Å². The zero-order valence-electron chi connectivity index (χ0n) is 8.16.